The third kappa shape index (κ3) is 4.00. The van der Waals surface area contributed by atoms with Crippen molar-refractivity contribution in [1.82, 2.24) is 14.1 Å². The molecular formula is C27H22ClN5O. The molecule has 6 nitrogen and oxygen atoms in total. The Morgan fingerprint density at radius 1 is 0.941 bits per heavy atom. The molecule has 0 aliphatic carbocycles. The smallest absolute Gasteiger partial charge is 0.221 e. The minimum absolute atomic E-state index is 0.134. The van der Waals surface area contributed by atoms with Crippen molar-refractivity contribution in [2.75, 3.05) is 5.32 Å². The number of hydrogen-bond donors (Lipinski definition) is 2. The fourth-order valence-corrected chi connectivity index (χ4v) is 4.33. The van der Waals surface area contributed by atoms with E-state index in [0.29, 0.717) is 22.9 Å². The number of halogens is 1. The number of amides is 1. The molecule has 2 N–H and O–H groups in total. The molecule has 0 fully saturated rings. The molecule has 34 heavy (non-hydrogen) atoms. The summed E-state index contributed by atoms with van der Waals surface area (Å²) in [7, 11) is 0. The Labute approximate surface area is 201 Å². The van der Waals surface area contributed by atoms with Gasteiger partial charge < -0.3 is 9.88 Å². The van der Waals surface area contributed by atoms with Crippen LogP contribution >= 0.6 is 11.6 Å². The molecule has 0 atom stereocenters. The van der Waals surface area contributed by atoms with Gasteiger partial charge in [-0.15, -0.1) is 0 Å². The molecule has 7 heteroatoms. The second-order valence-electron chi connectivity index (χ2n) is 7.95. The zero-order chi connectivity index (χ0) is 23.7. The van der Waals surface area contributed by atoms with Gasteiger partial charge in [-0.2, -0.15) is 0 Å². The first-order valence-corrected chi connectivity index (χ1v) is 11.2. The first-order chi connectivity index (χ1) is 16.5. The van der Waals surface area contributed by atoms with Gasteiger partial charge in [-0.25, -0.2) is 0 Å². The van der Waals surface area contributed by atoms with Gasteiger partial charge in [0.1, 0.15) is 0 Å². The van der Waals surface area contributed by atoms with E-state index in [1.165, 1.54) is 6.92 Å². The van der Waals surface area contributed by atoms with E-state index in [2.05, 4.69) is 10.3 Å². The van der Waals surface area contributed by atoms with Crippen LogP contribution in [-0.4, -0.2) is 20.0 Å². The van der Waals surface area contributed by atoms with Crippen LogP contribution in [0.5, 0.6) is 0 Å². The highest BCUT2D eigenvalue weighted by molar-refractivity contribution is 6.31. The second kappa shape index (κ2) is 9.00. The highest BCUT2D eigenvalue weighted by Crippen LogP contribution is 2.27. The molecule has 5 rings (SSSR count). The Bertz CT molecular complexity index is 1570. The number of nitrogens with one attached hydrogen (secondary N) is 2. The molecule has 3 aromatic carbocycles. The standard InChI is InChI=1S/C27H22ClN5O/c1-18(34)31-24-11-5-3-9-21(24)23-15-14-20(16-30-23)33-26-13-7-6-12-25(26)32(27(33)29)17-19-8-2-4-10-22(19)28/h2-16,29H,17H2,1H3,(H,31,34). The summed E-state index contributed by atoms with van der Waals surface area (Å²) in [4.78, 5) is 16.2. The monoisotopic (exact) mass is 467 g/mol. The van der Waals surface area contributed by atoms with E-state index in [-0.39, 0.29) is 5.91 Å². The van der Waals surface area contributed by atoms with Gasteiger partial charge in [0.2, 0.25) is 11.5 Å². The lowest BCUT2D eigenvalue weighted by atomic mass is 10.1. The Morgan fingerprint density at radius 2 is 1.65 bits per heavy atom. The molecule has 0 unspecified atom stereocenters. The minimum Gasteiger partial charge on any atom is -0.326 e. The lowest BCUT2D eigenvalue weighted by Gasteiger charge is -2.10. The summed E-state index contributed by atoms with van der Waals surface area (Å²) in [5.74, 6) is -0.134. The number of hydrogen-bond acceptors (Lipinski definition) is 3. The minimum atomic E-state index is -0.134. The van der Waals surface area contributed by atoms with Crippen LogP contribution in [0.1, 0.15) is 12.5 Å². The van der Waals surface area contributed by atoms with Crippen molar-refractivity contribution in [1.29, 1.82) is 5.41 Å². The van der Waals surface area contributed by atoms with E-state index < -0.39 is 0 Å². The van der Waals surface area contributed by atoms with E-state index in [1.807, 2.05) is 94.1 Å². The first kappa shape index (κ1) is 21.7. The molecule has 168 valence electrons. The van der Waals surface area contributed by atoms with Crippen molar-refractivity contribution in [2.24, 2.45) is 0 Å². The van der Waals surface area contributed by atoms with Gasteiger partial charge >= 0.3 is 0 Å². The van der Waals surface area contributed by atoms with Crippen molar-refractivity contribution in [3.63, 3.8) is 0 Å². The topological polar surface area (TPSA) is 75.7 Å². The zero-order valence-corrected chi connectivity index (χ0v) is 19.3. The van der Waals surface area contributed by atoms with Crippen LogP contribution in [0.2, 0.25) is 5.02 Å². The largest absolute Gasteiger partial charge is 0.326 e. The third-order valence-corrected chi connectivity index (χ3v) is 6.06. The number of carbonyl (C=O) groups excluding carboxylic acids is 1. The Morgan fingerprint density at radius 3 is 2.38 bits per heavy atom. The van der Waals surface area contributed by atoms with Gasteiger partial charge in [-0.05, 0) is 42.0 Å². The average Bonchev–Trinajstić information content (AvgIpc) is 3.12. The molecule has 0 aliphatic heterocycles. The van der Waals surface area contributed by atoms with Crippen LogP contribution in [-0.2, 0) is 11.3 Å². The number of imidazole rings is 1. The van der Waals surface area contributed by atoms with Crippen molar-refractivity contribution in [3.05, 3.63) is 107 Å². The number of nitrogens with zero attached hydrogens (tertiary/aromatic N) is 3. The maximum absolute atomic E-state index is 11.6. The molecule has 0 spiro atoms. The quantitative estimate of drug-likeness (QED) is 0.351. The maximum atomic E-state index is 11.6. The van der Waals surface area contributed by atoms with Crippen molar-refractivity contribution in [3.8, 4) is 16.9 Å². The molecule has 0 saturated heterocycles. The summed E-state index contributed by atoms with van der Waals surface area (Å²) < 4.78 is 3.82. The van der Waals surface area contributed by atoms with Crippen LogP contribution < -0.4 is 10.9 Å². The highest BCUT2D eigenvalue weighted by atomic mass is 35.5. The van der Waals surface area contributed by atoms with Crippen molar-refractivity contribution >= 4 is 34.2 Å². The van der Waals surface area contributed by atoms with Gasteiger partial charge in [0.05, 0.1) is 40.8 Å². The van der Waals surface area contributed by atoms with E-state index >= 15 is 0 Å². The Balaban J connectivity index is 1.59. The molecule has 0 radical (unpaired) electrons. The lowest BCUT2D eigenvalue weighted by Crippen LogP contribution is -2.24. The number of aromatic nitrogens is 3. The van der Waals surface area contributed by atoms with Crippen molar-refractivity contribution < 1.29 is 4.79 Å². The summed E-state index contributed by atoms with van der Waals surface area (Å²) in [6.07, 6.45) is 1.75. The average molecular weight is 468 g/mol. The fourth-order valence-electron chi connectivity index (χ4n) is 4.13. The SMILES string of the molecule is CC(=O)Nc1ccccc1-c1ccc(-n2c(=N)n(Cc3ccccc3Cl)c3ccccc32)cn1. The number of pyridine rings is 1. The lowest BCUT2D eigenvalue weighted by molar-refractivity contribution is -0.114. The van der Waals surface area contributed by atoms with Crippen molar-refractivity contribution in [2.45, 2.75) is 13.5 Å². The summed E-state index contributed by atoms with van der Waals surface area (Å²) in [5, 5.41) is 12.5. The zero-order valence-electron chi connectivity index (χ0n) is 18.5. The molecule has 2 heterocycles. The highest BCUT2D eigenvalue weighted by Gasteiger charge is 2.14. The normalized spacial score (nSPS) is 11.0. The number of carbonyl (C=O) groups is 1. The number of para-hydroxylation sites is 3. The maximum Gasteiger partial charge on any atom is 0.221 e. The van der Waals surface area contributed by atoms with Crippen LogP contribution in [0.25, 0.3) is 28.0 Å². The summed E-state index contributed by atoms with van der Waals surface area (Å²) >= 11 is 6.40. The molecular weight excluding hydrogens is 446 g/mol. The van der Waals surface area contributed by atoms with Gasteiger partial charge in [0.25, 0.3) is 0 Å². The summed E-state index contributed by atoms with van der Waals surface area (Å²) in [5.41, 5.74) is 6.19. The number of anilines is 1. The van der Waals surface area contributed by atoms with Gasteiger partial charge in [-0.3, -0.25) is 19.8 Å². The molecule has 0 aliphatic rings. The Kier molecular flexibility index (Phi) is 5.74. The number of fused-ring (bicyclic) bond motifs is 1. The van der Waals surface area contributed by atoms with E-state index in [1.54, 1.807) is 6.20 Å². The van der Waals surface area contributed by atoms with Crippen LogP contribution in [0.4, 0.5) is 5.69 Å². The van der Waals surface area contributed by atoms with Crippen LogP contribution in [0.3, 0.4) is 0 Å². The van der Waals surface area contributed by atoms with E-state index in [9.17, 15) is 4.79 Å². The first-order valence-electron chi connectivity index (χ1n) is 10.8. The molecule has 1 amide bonds. The van der Waals surface area contributed by atoms with E-state index in [0.717, 1.165) is 33.5 Å². The van der Waals surface area contributed by atoms with E-state index in [4.69, 9.17) is 17.0 Å². The van der Waals surface area contributed by atoms with Crippen LogP contribution in [0, 0.1) is 5.41 Å². The third-order valence-electron chi connectivity index (χ3n) is 5.69. The molecule has 2 aromatic heterocycles. The summed E-state index contributed by atoms with van der Waals surface area (Å²) in [6.45, 7) is 1.97. The van der Waals surface area contributed by atoms with Gasteiger partial charge in [0.15, 0.2) is 0 Å². The van der Waals surface area contributed by atoms with Gasteiger partial charge in [0, 0.05) is 17.5 Å². The summed E-state index contributed by atoms with van der Waals surface area (Å²) in [6, 6.07) is 27.0. The predicted octanol–water partition coefficient (Wildman–Crippen LogP) is 5.63. The molecule has 5 aromatic rings. The van der Waals surface area contributed by atoms with Crippen LogP contribution in [0.15, 0.2) is 91.1 Å². The fraction of sp³-hybridized carbons (Fsp3) is 0.0741. The number of benzene rings is 3. The predicted molar refractivity (Wildman–Crippen MR) is 135 cm³/mol. The molecule has 0 saturated carbocycles. The van der Waals surface area contributed by atoms with Gasteiger partial charge in [-0.1, -0.05) is 60.1 Å². The number of rotatable bonds is 5. The second-order valence-corrected chi connectivity index (χ2v) is 8.36. The Hall–Kier alpha value is -4.16. The molecule has 0 bridgehead atoms.